The molecule has 0 atom stereocenters. The first kappa shape index (κ1) is 20.6. The average molecular weight is 417 g/mol. The fourth-order valence-electron chi connectivity index (χ4n) is 2.54. The highest BCUT2D eigenvalue weighted by molar-refractivity contribution is 7.99. The average Bonchev–Trinajstić information content (AvgIpc) is 3.39. The van der Waals surface area contributed by atoms with Crippen LogP contribution < -0.4 is 5.32 Å². The van der Waals surface area contributed by atoms with E-state index in [1.807, 2.05) is 34.9 Å². The molecule has 0 aliphatic carbocycles. The minimum Gasteiger partial charge on any atom is -0.377 e. The van der Waals surface area contributed by atoms with Gasteiger partial charge in [-0.05, 0) is 29.9 Å². The van der Waals surface area contributed by atoms with Crippen LogP contribution >= 0.6 is 23.1 Å². The Morgan fingerprint density at radius 2 is 2.11 bits per heavy atom. The fraction of sp³-hybridized carbons (Fsp3) is 0.350. The van der Waals surface area contributed by atoms with Gasteiger partial charge >= 0.3 is 0 Å². The van der Waals surface area contributed by atoms with Crippen LogP contribution in [0.3, 0.4) is 0 Å². The Hall–Kier alpha value is -2.16. The van der Waals surface area contributed by atoms with Crippen molar-refractivity contribution in [2.24, 2.45) is 0 Å². The predicted octanol–water partition coefficient (Wildman–Crippen LogP) is 3.40. The van der Waals surface area contributed by atoms with Crippen molar-refractivity contribution in [3.63, 3.8) is 0 Å². The summed E-state index contributed by atoms with van der Waals surface area (Å²) < 4.78 is 7.61. The largest absolute Gasteiger partial charge is 0.377 e. The number of carbonyl (C=O) groups excluding carboxylic acids is 1. The summed E-state index contributed by atoms with van der Waals surface area (Å²) in [6.07, 6.45) is 3.45. The number of aryl methyl sites for hydroxylation is 2. The van der Waals surface area contributed by atoms with Gasteiger partial charge in [0.2, 0.25) is 5.91 Å². The summed E-state index contributed by atoms with van der Waals surface area (Å²) in [5.41, 5.74) is 1.16. The van der Waals surface area contributed by atoms with Crippen LogP contribution in [0.2, 0.25) is 0 Å². The van der Waals surface area contributed by atoms with Crippen molar-refractivity contribution in [2.75, 3.05) is 18.9 Å². The van der Waals surface area contributed by atoms with E-state index < -0.39 is 0 Å². The Kier molecular flexibility index (Phi) is 8.54. The van der Waals surface area contributed by atoms with Crippen LogP contribution in [0.15, 0.2) is 59.3 Å². The summed E-state index contributed by atoms with van der Waals surface area (Å²) in [5.74, 6) is 0.337. The van der Waals surface area contributed by atoms with Gasteiger partial charge in [-0.2, -0.15) is 0 Å². The molecule has 0 unspecified atom stereocenters. The van der Waals surface area contributed by atoms with Crippen molar-refractivity contribution in [3.8, 4) is 0 Å². The lowest BCUT2D eigenvalue weighted by molar-refractivity contribution is -0.118. The summed E-state index contributed by atoms with van der Waals surface area (Å²) >= 11 is 3.16. The van der Waals surface area contributed by atoms with E-state index in [0.717, 1.165) is 30.1 Å². The van der Waals surface area contributed by atoms with E-state index in [0.29, 0.717) is 25.5 Å². The molecule has 1 amide bonds. The molecular weight excluding hydrogens is 392 g/mol. The van der Waals surface area contributed by atoms with Gasteiger partial charge in [-0.1, -0.05) is 48.2 Å². The third-order valence-corrected chi connectivity index (χ3v) is 5.91. The zero-order valence-electron chi connectivity index (χ0n) is 15.6. The Morgan fingerprint density at radius 3 is 2.93 bits per heavy atom. The van der Waals surface area contributed by atoms with Crippen LogP contribution in [0, 0.1) is 0 Å². The molecule has 1 N–H and O–H groups in total. The molecule has 0 saturated heterocycles. The molecule has 0 aliphatic rings. The lowest BCUT2D eigenvalue weighted by Crippen LogP contribution is -2.27. The molecule has 3 aromatic rings. The van der Waals surface area contributed by atoms with Crippen molar-refractivity contribution in [3.05, 3.63) is 64.6 Å². The highest BCUT2D eigenvalue weighted by Gasteiger charge is 2.09. The van der Waals surface area contributed by atoms with Crippen molar-refractivity contribution in [2.45, 2.75) is 31.1 Å². The minimum absolute atomic E-state index is 0.000802. The third-order valence-electron chi connectivity index (χ3n) is 3.99. The number of nitrogens with one attached hydrogen (secondary N) is 1. The van der Waals surface area contributed by atoms with Gasteiger partial charge in [0.05, 0.1) is 12.4 Å². The molecule has 0 bridgehead atoms. The number of thiophene rings is 1. The number of aromatic nitrogens is 3. The Balaban J connectivity index is 1.27. The maximum absolute atomic E-state index is 12.0. The van der Waals surface area contributed by atoms with Crippen LogP contribution in [0.1, 0.15) is 16.9 Å². The normalized spacial score (nSPS) is 10.9. The number of rotatable bonds is 12. The molecule has 0 saturated carbocycles. The molecule has 0 aliphatic heterocycles. The maximum atomic E-state index is 12.0. The summed E-state index contributed by atoms with van der Waals surface area (Å²) in [6, 6.07) is 14.2. The minimum atomic E-state index is 0.000802. The monoisotopic (exact) mass is 416 g/mol. The van der Waals surface area contributed by atoms with Gasteiger partial charge in [0.25, 0.3) is 0 Å². The van der Waals surface area contributed by atoms with Gasteiger partial charge in [-0.25, -0.2) is 0 Å². The van der Waals surface area contributed by atoms with Gasteiger partial charge < -0.3 is 14.6 Å². The predicted molar refractivity (Wildman–Crippen MR) is 112 cm³/mol. The topological polar surface area (TPSA) is 69.0 Å². The zero-order valence-corrected chi connectivity index (χ0v) is 17.3. The number of carbonyl (C=O) groups is 1. The number of hydrogen-bond donors (Lipinski definition) is 1. The first-order valence-electron chi connectivity index (χ1n) is 9.22. The van der Waals surface area contributed by atoms with Crippen LogP contribution in [-0.2, 0) is 29.1 Å². The first-order valence-corrected chi connectivity index (χ1v) is 11.1. The van der Waals surface area contributed by atoms with Gasteiger partial charge in [-0.3, -0.25) is 4.79 Å². The van der Waals surface area contributed by atoms with Gasteiger partial charge in [0.15, 0.2) is 5.16 Å². The number of benzene rings is 1. The molecule has 0 radical (unpaired) electrons. The summed E-state index contributed by atoms with van der Waals surface area (Å²) in [4.78, 5) is 13.4. The first-order chi connectivity index (χ1) is 13.8. The second-order valence-electron chi connectivity index (χ2n) is 6.17. The third kappa shape index (κ3) is 7.10. The quantitative estimate of drug-likeness (QED) is 0.362. The lowest BCUT2D eigenvalue weighted by atomic mass is 10.2. The van der Waals surface area contributed by atoms with Crippen LogP contribution in [0.25, 0.3) is 0 Å². The molecule has 8 heteroatoms. The lowest BCUT2D eigenvalue weighted by Gasteiger charge is -2.07. The van der Waals surface area contributed by atoms with E-state index in [-0.39, 0.29) is 5.91 Å². The maximum Gasteiger partial charge on any atom is 0.230 e. The highest BCUT2D eigenvalue weighted by atomic mass is 32.2. The zero-order chi connectivity index (χ0) is 19.4. The Morgan fingerprint density at radius 1 is 1.21 bits per heavy atom. The molecule has 2 heterocycles. The van der Waals surface area contributed by atoms with Gasteiger partial charge in [0.1, 0.15) is 6.33 Å². The van der Waals surface area contributed by atoms with Crippen LogP contribution in [-0.4, -0.2) is 39.6 Å². The van der Waals surface area contributed by atoms with Crippen molar-refractivity contribution < 1.29 is 9.53 Å². The Bertz CT molecular complexity index is 822. The van der Waals surface area contributed by atoms with E-state index in [1.165, 1.54) is 16.6 Å². The standard InChI is InChI=1S/C20H24N4O2S2/c25-19(21-10-5-12-26-14-17-6-2-1-3-7-17)15-28-20-23-22-16-24(20)11-9-18-8-4-13-27-18/h1-4,6-8,13,16H,5,9-12,14-15H2,(H,21,25). The van der Waals surface area contributed by atoms with Crippen LogP contribution in [0.5, 0.6) is 0 Å². The Labute approximate surface area is 173 Å². The molecular formula is C20H24N4O2S2. The number of nitrogens with zero attached hydrogens (tertiary/aromatic N) is 3. The van der Waals surface area contributed by atoms with Crippen LogP contribution in [0.4, 0.5) is 0 Å². The molecule has 148 valence electrons. The number of ether oxygens (including phenoxy) is 1. The highest BCUT2D eigenvalue weighted by Crippen LogP contribution is 2.16. The number of hydrogen-bond acceptors (Lipinski definition) is 6. The van der Waals surface area contributed by atoms with E-state index in [1.54, 1.807) is 17.7 Å². The number of thioether (sulfide) groups is 1. The van der Waals surface area contributed by atoms with Crippen molar-refractivity contribution in [1.82, 2.24) is 20.1 Å². The van der Waals surface area contributed by atoms with E-state index in [2.05, 4.69) is 33.0 Å². The molecule has 1 aromatic carbocycles. The van der Waals surface area contributed by atoms with Crippen molar-refractivity contribution >= 4 is 29.0 Å². The fourth-order valence-corrected chi connectivity index (χ4v) is 4.01. The summed E-state index contributed by atoms with van der Waals surface area (Å²) in [7, 11) is 0. The number of amides is 1. The molecule has 0 spiro atoms. The molecule has 2 aromatic heterocycles. The molecule has 6 nitrogen and oxygen atoms in total. The molecule has 28 heavy (non-hydrogen) atoms. The van der Waals surface area contributed by atoms with E-state index in [9.17, 15) is 4.79 Å². The van der Waals surface area contributed by atoms with Crippen molar-refractivity contribution in [1.29, 1.82) is 0 Å². The molecule has 0 fully saturated rings. The van der Waals surface area contributed by atoms with E-state index in [4.69, 9.17) is 4.74 Å². The van der Waals surface area contributed by atoms with E-state index >= 15 is 0 Å². The summed E-state index contributed by atoms with van der Waals surface area (Å²) in [6.45, 7) is 2.65. The second-order valence-corrected chi connectivity index (χ2v) is 8.14. The second kappa shape index (κ2) is 11.6. The van der Waals surface area contributed by atoms with Gasteiger partial charge in [-0.15, -0.1) is 21.5 Å². The molecule has 3 rings (SSSR count). The summed E-state index contributed by atoms with van der Waals surface area (Å²) in [5, 5.41) is 13.9. The SMILES string of the molecule is O=C(CSc1nncn1CCc1cccs1)NCCCOCc1ccccc1. The van der Waals surface area contributed by atoms with Gasteiger partial charge in [0, 0.05) is 24.6 Å². The smallest absolute Gasteiger partial charge is 0.230 e.